The molecule has 0 spiro atoms. The number of anilines is 1. The summed E-state index contributed by atoms with van der Waals surface area (Å²) in [6.07, 6.45) is 2.42. The predicted molar refractivity (Wildman–Crippen MR) is 80.8 cm³/mol. The van der Waals surface area contributed by atoms with Gasteiger partial charge in [-0.15, -0.1) is 0 Å². The monoisotopic (exact) mass is 290 g/mol. The minimum atomic E-state index is -0.403. The quantitative estimate of drug-likeness (QED) is 0.711. The average molecular weight is 290 g/mol. The van der Waals surface area contributed by atoms with Gasteiger partial charge in [0.2, 0.25) is 11.8 Å². The van der Waals surface area contributed by atoms with Crippen molar-refractivity contribution in [3.63, 3.8) is 0 Å². The van der Waals surface area contributed by atoms with Crippen LogP contribution in [-0.2, 0) is 16.0 Å². The minimum absolute atomic E-state index is 0.0644. The molecule has 0 heterocycles. The van der Waals surface area contributed by atoms with Crippen LogP contribution in [0.4, 0.5) is 5.69 Å². The fourth-order valence-corrected chi connectivity index (χ4v) is 1.96. The van der Waals surface area contributed by atoms with E-state index in [0.717, 1.165) is 24.1 Å². The molecule has 3 N–H and O–H groups in total. The number of hydrogen-bond donors (Lipinski definition) is 3. The fourth-order valence-electron chi connectivity index (χ4n) is 1.96. The van der Waals surface area contributed by atoms with E-state index in [2.05, 4.69) is 10.6 Å². The third-order valence-electron chi connectivity index (χ3n) is 3.42. The largest absolute Gasteiger partial charge is 0.393 e. The van der Waals surface area contributed by atoms with Crippen molar-refractivity contribution in [2.75, 3.05) is 11.9 Å². The molecule has 5 heteroatoms. The molecule has 0 bridgehead atoms. The molecule has 21 heavy (non-hydrogen) atoms. The van der Waals surface area contributed by atoms with E-state index in [0.29, 0.717) is 19.4 Å². The first-order valence-corrected chi connectivity index (χ1v) is 7.39. The number of hydrogen-bond acceptors (Lipinski definition) is 3. The van der Waals surface area contributed by atoms with Crippen molar-refractivity contribution in [2.24, 2.45) is 5.92 Å². The summed E-state index contributed by atoms with van der Waals surface area (Å²) in [5.41, 5.74) is 1.67. The van der Waals surface area contributed by atoms with Gasteiger partial charge in [-0.25, -0.2) is 0 Å². The SMILES string of the molecule is CC(O)CCNC(=O)Cc1ccc(NC(=O)C2CC2)cc1. The Balaban J connectivity index is 1.76. The normalized spacial score (nSPS) is 15.3. The van der Waals surface area contributed by atoms with E-state index in [1.54, 1.807) is 6.92 Å². The summed E-state index contributed by atoms with van der Waals surface area (Å²) in [6.45, 7) is 2.17. The fraction of sp³-hybridized carbons (Fsp3) is 0.500. The van der Waals surface area contributed by atoms with Gasteiger partial charge in [0.15, 0.2) is 0 Å². The van der Waals surface area contributed by atoms with Crippen molar-refractivity contribution >= 4 is 17.5 Å². The zero-order valence-electron chi connectivity index (χ0n) is 12.3. The third-order valence-corrected chi connectivity index (χ3v) is 3.42. The molecule has 2 rings (SSSR count). The first-order valence-electron chi connectivity index (χ1n) is 7.39. The highest BCUT2D eigenvalue weighted by atomic mass is 16.3. The Kier molecular flexibility index (Phi) is 5.33. The van der Waals surface area contributed by atoms with Crippen LogP contribution in [0.25, 0.3) is 0 Å². The molecule has 5 nitrogen and oxygen atoms in total. The highest BCUT2D eigenvalue weighted by Gasteiger charge is 2.29. The van der Waals surface area contributed by atoms with Gasteiger partial charge in [0, 0.05) is 18.2 Å². The standard InChI is InChI=1S/C16H22N2O3/c1-11(19)8-9-17-15(20)10-12-2-6-14(7-3-12)18-16(21)13-4-5-13/h2-3,6-7,11,13,19H,4-5,8-10H2,1H3,(H,17,20)(H,18,21). The molecule has 1 aliphatic rings. The number of carbonyl (C=O) groups excluding carboxylic acids is 2. The van der Waals surface area contributed by atoms with Crippen molar-refractivity contribution in [1.29, 1.82) is 0 Å². The van der Waals surface area contributed by atoms with Gasteiger partial charge in [0.05, 0.1) is 12.5 Å². The number of carbonyl (C=O) groups is 2. The Labute approximate surface area is 124 Å². The van der Waals surface area contributed by atoms with E-state index in [4.69, 9.17) is 5.11 Å². The van der Waals surface area contributed by atoms with Gasteiger partial charge in [-0.05, 0) is 43.9 Å². The molecule has 114 valence electrons. The van der Waals surface area contributed by atoms with Crippen LogP contribution in [0, 0.1) is 5.92 Å². The second kappa shape index (κ2) is 7.22. The maximum absolute atomic E-state index is 11.7. The van der Waals surface area contributed by atoms with Crippen molar-refractivity contribution in [2.45, 2.75) is 38.7 Å². The Morgan fingerprint density at radius 1 is 1.29 bits per heavy atom. The minimum Gasteiger partial charge on any atom is -0.393 e. The Bertz CT molecular complexity index is 493. The van der Waals surface area contributed by atoms with Gasteiger partial charge in [-0.1, -0.05) is 12.1 Å². The van der Waals surface area contributed by atoms with E-state index in [1.165, 1.54) is 0 Å². The maximum atomic E-state index is 11.7. The first kappa shape index (κ1) is 15.5. The van der Waals surface area contributed by atoms with Gasteiger partial charge in [-0.2, -0.15) is 0 Å². The second-order valence-corrected chi connectivity index (χ2v) is 5.62. The molecule has 1 aliphatic carbocycles. The number of benzene rings is 1. The van der Waals surface area contributed by atoms with Crippen LogP contribution >= 0.6 is 0 Å². The Morgan fingerprint density at radius 2 is 1.95 bits per heavy atom. The van der Waals surface area contributed by atoms with Crippen molar-refractivity contribution in [3.8, 4) is 0 Å². The van der Waals surface area contributed by atoms with Crippen LogP contribution in [0.3, 0.4) is 0 Å². The molecule has 0 saturated heterocycles. The first-order chi connectivity index (χ1) is 10.0. The van der Waals surface area contributed by atoms with Gasteiger partial charge in [0.1, 0.15) is 0 Å². The smallest absolute Gasteiger partial charge is 0.227 e. The molecule has 0 radical (unpaired) electrons. The lowest BCUT2D eigenvalue weighted by Crippen LogP contribution is -2.27. The average Bonchev–Trinajstić information content (AvgIpc) is 3.25. The predicted octanol–water partition coefficient (Wildman–Crippen LogP) is 1.46. The molecule has 1 fully saturated rings. The van der Waals surface area contributed by atoms with E-state index >= 15 is 0 Å². The molecule has 1 atom stereocenters. The molecular weight excluding hydrogens is 268 g/mol. The van der Waals surface area contributed by atoms with Crippen molar-refractivity contribution in [1.82, 2.24) is 5.32 Å². The van der Waals surface area contributed by atoms with Gasteiger partial charge in [-0.3, -0.25) is 9.59 Å². The number of nitrogens with one attached hydrogen (secondary N) is 2. The summed E-state index contributed by atoms with van der Waals surface area (Å²) < 4.78 is 0. The van der Waals surface area contributed by atoms with E-state index < -0.39 is 6.10 Å². The summed E-state index contributed by atoms with van der Waals surface area (Å²) in [7, 11) is 0. The second-order valence-electron chi connectivity index (χ2n) is 5.62. The zero-order chi connectivity index (χ0) is 15.2. The number of amides is 2. The summed E-state index contributed by atoms with van der Waals surface area (Å²) >= 11 is 0. The van der Waals surface area contributed by atoms with E-state index in [1.807, 2.05) is 24.3 Å². The number of rotatable bonds is 7. The highest BCUT2D eigenvalue weighted by molar-refractivity contribution is 5.94. The van der Waals surface area contributed by atoms with Gasteiger partial charge in [0.25, 0.3) is 0 Å². The van der Waals surface area contributed by atoms with E-state index in [9.17, 15) is 9.59 Å². The molecular formula is C16H22N2O3. The molecule has 0 aliphatic heterocycles. The summed E-state index contributed by atoms with van der Waals surface area (Å²) in [5.74, 6) is 0.202. The maximum Gasteiger partial charge on any atom is 0.227 e. The van der Waals surface area contributed by atoms with Crippen LogP contribution in [0.5, 0.6) is 0 Å². The lowest BCUT2D eigenvalue weighted by Gasteiger charge is -2.08. The van der Waals surface area contributed by atoms with Crippen LogP contribution < -0.4 is 10.6 Å². The van der Waals surface area contributed by atoms with Crippen LogP contribution in [-0.4, -0.2) is 29.6 Å². The van der Waals surface area contributed by atoms with E-state index in [-0.39, 0.29) is 17.7 Å². The summed E-state index contributed by atoms with van der Waals surface area (Å²) in [6, 6.07) is 7.32. The number of aliphatic hydroxyl groups is 1. The molecule has 1 unspecified atom stereocenters. The van der Waals surface area contributed by atoms with Gasteiger partial charge < -0.3 is 15.7 Å². The van der Waals surface area contributed by atoms with Gasteiger partial charge >= 0.3 is 0 Å². The molecule has 2 amide bonds. The Hall–Kier alpha value is -1.88. The Morgan fingerprint density at radius 3 is 2.52 bits per heavy atom. The molecule has 1 saturated carbocycles. The molecule has 1 aromatic rings. The lowest BCUT2D eigenvalue weighted by atomic mass is 10.1. The summed E-state index contributed by atoms with van der Waals surface area (Å²) in [4.78, 5) is 23.3. The van der Waals surface area contributed by atoms with Crippen LogP contribution in [0.1, 0.15) is 31.7 Å². The molecule has 0 aromatic heterocycles. The lowest BCUT2D eigenvalue weighted by molar-refractivity contribution is -0.120. The van der Waals surface area contributed by atoms with Crippen molar-refractivity contribution < 1.29 is 14.7 Å². The highest BCUT2D eigenvalue weighted by Crippen LogP contribution is 2.30. The number of aliphatic hydroxyl groups excluding tert-OH is 1. The van der Waals surface area contributed by atoms with Crippen LogP contribution in [0.2, 0.25) is 0 Å². The molecule has 1 aromatic carbocycles. The summed E-state index contributed by atoms with van der Waals surface area (Å²) in [5, 5.41) is 14.7. The third kappa shape index (κ3) is 5.55. The topological polar surface area (TPSA) is 78.4 Å². The zero-order valence-corrected chi connectivity index (χ0v) is 12.3. The van der Waals surface area contributed by atoms with Crippen molar-refractivity contribution in [3.05, 3.63) is 29.8 Å². The van der Waals surface area contributed by atoms with Crippen LogP contribution in [0.15, 0.2) is 24.3 Å².